The number of hydrogen-bond donors (Lipinski definition) is 1. The molecule has 1 N–H and O–H groups in total. The second-order valence-corrected chi connectivity index (χ2v) is 7.75. The zero-order valence-corrected chi connectivity index (χ0v) is 16.5. The van der Waals surface area contributed by atoms with Crippen LogP contribution in [0.1, 0.15) is 85.4 Å². The maximum Gasteiger partial charge on any atom is 0.254 e. The van der Waals surface area contributed by atoms with E-state index in [1.165, 1.54) is 37.7 Å². The van der Waals surface area contributed by atoms with Crippen molar-refractivity contribution in [3.05, 3.63) is 47.0 Å². The smallest absolute Gasteiger partial charge is 0.254 e. The first-order valence-electron chi connectivity index (χ1n) is 10.6. The van der Waals surface area contributed by atoms with Crippen LogP contribution >= 0.6 is 0 Å². The van der Waals surface area contributed by atoms with Crippen LogP contribution in [0.25, 0.3) is 0 Å². The van der Waals surface area contributed by atoms with Gasteiger partial charge in [0.2, 0.25) is 0 Å². The molecular formula is C23H32N2O2. The first kappa shape index (κ1) is 19.7. The zero-order chi connectivity index (χ0) is 19.1. The van der Waals surface area contributed by atoms with Crippen molar-refractivity contribution in [3.63, 3.8) is 0 Å². The normalized spacial score (nSPS) is 20.1. The molecule has 0 bridgehead atoms. The fourth-order valence-electron chi connectivity index (χ4n) is 4.19. The Morgan fingerprint density at radius 1 is 1.07 bits per heavy atom. The SMILES string of the molecule is CCC1CCCCN1C(=O)c1ccc(C(=O)NCCC2=CCCCC2)cc1. The van der Waals surface area contributed by atoms with Gasteiger partial charge in [-0.1, -0.05) is 18.6 Å². The van der Waals surface area contributed by atoms with E-state index in [1.807, 2.05) is 4.90 Å². The predicted molar refractivity (Wildman–Crippen MR) is 109 cm³/mol. The number of rotatable bonds is 6. The van der Waals surface area contributed by atoms with Crippen molar-refractivity contribution in [3.8, 4) is 0 Å². The van der Waals surface area contributed by atoms with Crippen molar-refractivity contribution in [1.82, 2.24) is 10.2 Å². The van der Waals surface area contributed by atoms with Gasteiger partial charge in [-0.2, -0.15) is 0 Å². The standard InChI is InChI=1S/C23H32N2O2/c1-2-21-10-6-7-17-25(21)23(27)20-13-11-19(12-14-20)22(26)24-16-15-18-8-4-3-5-9-18/h8,11-14,21H,2-7,9-10,15-17H2,1H3,(H,24,26). The van der Waals surface area contributed by atoms with Gasteiger partial charge in [-0.05, 0) is 82.1 Å². The monoisotopic (exact) mass is 368 g/mol. The topological polar surface area (TPSA) is 49.4 Å². The zero-order valence-electron chi connectivity index (χ0n) is 16.5. The lowest BCUT2D eigenvalue weighted by molar-refractivity contribution is 0.0607. The van der Waals surface area contributed by atoms with E-state index in [4.69, 9.17) is 0 Å². The van der Waals surface area contributed by atoms with Gasteiger partial charge in [0.05, 0.1) is 0 Å². The van der Waals surface area contributed by atoms with Crippen LogP contribution in [0.2, 0.25) is 0 Å². The van der Waals surface area contributed by atoms with E-state index in [0.717, 1.165) is 32.2 Å². The highest BCUT2D eigenvalue weighted by molar-refractivity contribution is 5.98. The van der Waals surface area contributed by atoms with Crippen LogP contribution < -0.4 is 5.32 Å². The van der Waals surface area contributed by atoms with E-state index in [9.17, 15) is 9.59 Å². The third-order valence-electron chi connectivity index (χ3n) is 5.87. The summed E-state index contributed by atoms with van der Waals surface area (Å²) in [4.78, 5) is 27.2. The van der Waals surface area contributed by atoms with Gasteiger partial charge in [-0.15, -0.1) is 0 Å². The minimum atomic E-state index is -0.0604. The largest absolute Gasteiger partial charge is 0.352 e. The fraction of sp³-hybridized carbons (Fsp3) is 0.565. The van der Waals surface area contributed by atoms with Crippen molar-refractivity contribution < 1.29 is 9.59 Å². The van der Waals surface area contributed by atoms with Crippen LogP contribution in [0.15, 0.2) is 35.9 Å². The molecule has 4 nitrogen and oxygen atoms in total. The molecule has 1 aliphatic carbocycles. The maximum atomic E-state index is 12.8. The molecule has 1 aromatic rings. The van der Waals surface area contributed by atoms with E-state index in [2.05, 4.69) is 18.3 Å². The van der Waals surface area contributed by atoms with Gasteiger partial charge >= 0.3 is 0 Å². The van der Waals surface area contributed by atoms with Gasteiger partial charge < -0.3 is 10.2 Å². The van der Waals surface area contributed by atoms with Gasteiger partial charge in [0, 0.05) is 30.3 Å². The maximum absolute atomic E-state index is 12.8. The van der Waals surface area contributed by atoms with E-state index >= 15 is 0 Å². The molecule has 27 heavy (non-hydrogen) atoms. The summed E-state index contributed by atoms with van der Waals surface area (Å²) in [5.74, 6) is 0.0348. The average Bonchev–Trinajstić information content (AvgIpc) is 2.74. The molecule has 1 heterocycles. The number of likely N-dealkylation sites (tertiary alicyclic amines) is 1. The molecule has 1 aliphatic heterocycles. The van der Waals surface area contributed by atoms with E-state index in [1.54, 1.807) is 24.3 Å². The van der Waals surface area contributed by atoms with Crippen LogP contribution in [-0.2, 0) is 0 Å². The molecule has 0 aromatic heterocycles. The highest BCUT2D eigenvalue weighted by Gasteiger charge is 2.26. The summed E-state index contributed by atoms with van der Waals surface area (Å²) in [6.45, 7) is 3.67. The molecular weight excluding hydrogens is 336 g/mol. The number of nitrogens with one attached hydrogen (secondary N) is 1. The van der Waals surface area contributed by atoms with Gasteiger partial charge in [-0.3, -0.25) is 9.59 Å². The molecule has 1 saturated heterocycles. The number of benzene rings is 1. The van der Waals surface area contributed by atoms with Crippen LogP contribution in [-0.4, -0.2) is 35.8 Å². The van der Waals surface area contributed by atoms with Gasteiger partial charge in [0.1, 0.15) is 0 Å². The third kappa shape index (κ3) is 5.21. The van der Waals surface area contributed by atoms with Crippen LogP contribution in [0, 0.1) is 0 Å². The van der Waals surface area contributed by atoms with Crippen LogP contribution in [0.5, 0.6) is 0 Å². The summed E-state index contributed by atoms with van der Waals surface area (Å²) >= 11 is 0. The van der Waals surface area contributed by atoms with E-state index in [0.29, 0.717) is 23.7 Å². The first-order chi connectivity index (χ1) is 13.2. The Hall–Kier alpha value is -2.10. The lowest BCUT2D eigenvalue weighted by Crippen LogP contribution is -2.43. The minimum Gasteiger partial charge on any atom is -0.352 e. The summed E-state index contributed by atoms with van der Waals surface area (Å²) in [6, 6.07) is 7.48. The molecule has 1 fully saturated rings. The molecule has 2 amide bonds. The van der Waals surface area contributed by atoms with Crippen molar-refractivity contribution >= 4 is 11.8 Å². The number of carbonyl (C=O) groups excluding carboxylic acids is 2. The molecule has 0 spiro atoms. The molecule has 3 rings (SSSR count). The van der Waals surface area contributed by atoms with Crippen molar-refractivity contribution in [2.24, 2.45) is 0 Å². The third-order valence-corrected chi connectivity index (χ3v) is 5.87. The van der Waals surface area contributed by atoms with Crippen LogP contribution in [0.4, 0.5) is 0 Å². The number of carbonyl (C=O) groups is 2. The molecule has 0 radical (unpaired) electrons. The number of allylic oxidation sites excluding steroid dienone is 1. The molecule has 4 heteroatoms. The molecule has 1 atom stereocenters. The lowest BCUT2D eigenvalue weighted by atomic mass is 9.97. The highest BCUT2D eigenvalue weighted by atomic mass is 16.2. The Balaban J connectivity index is 1.53. The Kier molecular flexibility index (Phi) is 7.08. The number of piperidine rings is 1. The van der Waals surface area contributed by atoms with E-state index < -0.39 is 0 Å². The summed E-state index contributed by atoms with van der Waals surface area (Å²) in [7, 11) is 0. The summed E-state index contributed by atoms with van der Waals surface area (Å²) in [5, 5.41) is 3.00. The second kappa shape index (κ2) is 9.72. The molecule has 2 aliphatic rings. The van der Waals surface area contributed by atoms with Crippen molar-refractivity contribution in [2.45, 2.75) is 70.8 Å². The minimum absolute atomic E-state index is 0.0604. The molecule has 1 unspecified atom stereocenters. The molecule has 1 aromatic carbocycles. The fourth-order valence-corrected chi connectivity index (χ4v) is 4.19. The van der Waals surface area contributed by atoms with E-state index in [-0.39, 0.29) is 11.8 Å². The number of amides is 2. The number of hydrogen-bond acceptors (Lipinski definition) is 2. The Morgan fingerprint density at radius 3 is 2.56 bits per heavy atom. The Labute approximate surface area is 163 Å². The highest BCUT2D eigenvalue weighted by Crippen LogP contribution is 2.22. The van der Waals surface area contributed by atoms with Crippen LogP contribution in [0.3, 0.4) is 0 Å². The van der Waals surface area contributed by atoms with Gasteiger partial charge in [-0.25, -0.2) is 0 Å². The van der Waals surface area contributed by atoms with Crippen molar-refractivity contribution in [1.29, 1.82) is 0 Å². The average molecular weight is 369 g/mol. The quantitative estimate of drug-likeness (QED) is 0.739. The molecule has 0 saturated carbocycles. The van der Waals surface area contributed by atoms with Gasteiger partial charge in [0.25, 0.3) is 11.8 Å². The lowest BCUT2D eigenvalue weighted by Gasteiger charge is -2.35. The number of nitrogens with zero attached hydrogens (tertiary/aromatic N) is 1. The predicted octanol–water partition coefficient (Wildman–Crippen LogP) is 4.71. The Morgan fingerprint density at radius 2 is 1.85 bits per heavy atom. The van der Waals surface area contributed by atoms with Gasteiger partial charge in [0.15, 0.2) is 0 Å². The first-order valence-corrected chi connectivity index (χ1v) is 10.6. The second-order valence-electron chi connectivity index (χ2n) is 7.75. The summed E-state index contributed by atoms with van der Waals surface area (Å²) in [6.07, 6.45) is 12.5. The molecule has 146 valence electrons. The summed E-state index contributed by atoms with van der Waals surface area (Å²) < 4.78 is 0. The Bertz CT molecular complexity index is 678. The van der Waals surface area contributed by atoms with Crippen molar-refractivity contribution in [2.75, 3.05) is 13.1 Å². The summed E-state index contributed by atoms with van der Waals surface area (Å²) in [5.41, 5.74) is 2.77.